The van der Waals surface area contributed by atoms with Crippen LogP contribution in [0.4, 0.5) is 0 Å². The normalized spacial score (nSPS) is 32.8. The molecule has 0 saturated carbocycles. The third-order valence-electron chi connectivity index (χ3n) is 5.06. The van der Waals surface area contributed by atoms with Gasteiger partial charge in [-0.1, -0.05) is 20.8 Å². The molecule has 0 aliphatic carbocycles. The summed E-state index contributed by atoms with van der Waals surface area (Å²) in [7, 11) is 0. The minimum Gasteiger partial charge on any atom is -0.372 e. The number of piperidine rings is 1. The summed E-state index contributed by atoms with van der Waals surface area (Å²) in [6.45, 7) is 16.9. The summed E-state index contributed by atoms with van der Waals surface area (Å²) in [5, 5.41) is 13.8. The Morgan fingerprint density at radius 3 is 2.21 bits per heavy atom. The van der Waals surface area contributed by atoms with Gasteiger partial charge in [0.1, 0.15) is 0 Å². The zero-order valence-electron chi connectivity index (χ0n) is 14.0. The SMILES string of the molecule is CCC1(C)CC(OC(C)(C)C(C)C)CC(C)(C)N1[O]. The molecule has 1 heterocycles. The van der Waals surface area contributed by atoms with Crippen molar-refractivity contribution in [3.8, 4) is 0 Å². The Morgan fingerprint density at radius 1 is 1.26 bits per heavy atom. The number of rotatable bonds is 4. The minimum atomic E-state index is -0.346. The second kappa shape index (κ2) is 5.34. The van der Waals surface area contributed by atoms with Gasteiger partial charge in [-0.15, -0.1) is 10.3 Å². The molecule has 19 heavy (non-hydrogen) atoms. The summed E-state index contributed by atoms with van der Waals surface area (Å²) in [6, 6.07) is 0. The van der Waals surface area contributed by atoms with Gasteiger partial charge < -0.3 is 4.74 Å². The van der Waals surface area contributed by atoms with Crippen LogP contribution in [-0.2, 0) is 9.94 Å². The molecular weight excluding hydrogens is 238 g/mol. The van der Waals surface area contributed by atoms with Gasteiger partial charge in [0.25, 0.3) is 0 Å². The molecule has 0 spiro atoms. The number of hydroxylamine groups is 2. The Bertz CT molecular complexity index is 310. The Kier molecular flexibility index (Phi) is 4.76. The summed E-state index contributed by atoms with van der Waals surface area (Å²) in [6.07, 6.45) is 2.67. The van der Waals surface area contributed by atoms with Crippen molar-refractivity contribution in [2.45, 2.75) is 97.4 Å². The molecule has 1 aliphatic heterocycles. The maximum Gasteiger partial charge on any atom is 0.0653 e. The van der Waals surface area contributed by atoms with Crippen LogP contribution >= 0.6 is 0 Å². The molecule has 1 saturated heterocycles. The molecular formula is C16H32NO2. The Morgan fingerprint density at radius 2 is 1.79 bits per heavy atom. The van der Waals surface area contributed by atoms with E-state index in [9.17, 15) is 5.21 Å². The fourth-order valence-corrected chi connectivity index (χ4v) is 2.95. The van der Waals surface area contributed by atoms with Crippen LogP contribution in [0.1, 0.15) is 74.7 Å². The molecule has 0 N–H and O–H groups in total. The lowest BCUT2D eigenvalue weighted by Gasteiger charge is -2.52. The molecule has 1 radical (unpaired) electrons. The van der Waals surface area contributed by atoms with Gasteiger partial charge >= 0.3 is 0 Å². The monoisotopic (exact) mass is 270 g/mol. The van der Waals surface area contributed by atoms with Gasteiger partial charge in [-0.05, 0) is 59.8 Å². The molecule has 1 rings (SSSR count). The third kappa shape index (κ3) is 3.50. The summed E-state index contributed by atoms with van der Waals surface area (Å²) in [4.78, 5) is 0. The van der Waals surface area contributed by atoms with E-state index < -0.39 is 0 Å². The van der Waals surface area contributed by atoms with Crippen LogP contribution in [0.15, 0.2) is 0 Å². The van der Waals surface area contributed by atoms with Crippen molar-refractivity contribution in [1.29, 1.82) is 0 Å². The van der Waals surface area contributed by atoms with Crippen LogP contribution in [0.25, 0.3) is 0 Å². The Labute approximate surface area is 119 Å². The largest absolute Gasteiger partial charge is 0.372 e. The zero-order chi connectivity index (χ0) is 15.1. The van der Waals surface area contributed by atoms with Crippen molar-refractivity contribution in [3.05, 3.63) is 0 Å². The average molecular weight is 270 g/mol. The molecule has 2 atom stereocenters. The predicted molar refractivity (Wildman–Crippen MR) is 78.3 cm³/mol. The first-order chi connectivity index (χ1) is 8.44. The van der Waals surface area contributed by atoms with Crippen molar-refractivity contribution < 1.29 is 9.94 Å². The highest BCUT2D eigenvalue weighted by atomic mass is 16.5. The molecule has 3 nitrogen and oxygen atoms in total. The van der Waals surface area contributed by atoms with Gasteiger partial charge in [0, 0.05) is 11.1 Å². The second-order valence-electron chi connectivity index (χ2n) is 7.86. The van der Waals surface area contributed by atoms with E-state index in [0.29, 0.717) is 5.92 Å². The average Bonchev–Trinajstić information content (AvgIpc) is 2.24. The van der Waals surface area contributed by atoms with Crippen LogP contribution in [0, 0.1) is 5.92 Å². The lowest BCUT2D eigenvalue weighted by atomic mass is 9.77. The molecule has 0 amide bonds. The van der Waals surface area contributed by atoms with Crippen molar-refractivity contribution >= 4 is 0 Å². The third-order valence-corrected chi connectivity index (χ3v) is 5.06. The highest BCUT2D eigenvalue weighted by Gasteiger charge is 2.49. The minimum absolute atomic E-state index is 0.138. The maximum absolute atomic E-state index is 12.5. The van der Waals surface area contributed by atoms with E-state index in [4.69, 9.17) is 4.74 Å². The molecule has 2 unspecified atom stereocenters. The highest BCUT2D eigenvalue weighted by molar-refractivity contribution is 4.99. The summed E-state index contributed by atoms with van der Waals surface area (Å²) in [5.74, 6) is 0.466. The fourth-order valence-electron chi connectivity index (χ4n) is 2.95. The van der Waals surface area contributed by atoms with E-state index in [2.05, 4.69) is 41.5 Å². The Hall–Kier alpha value is -0.120. The molecule has 0 bridgehead atoms. The lowest BCUT2D eigenvalue weighted by molar-refractivity contribution is -0.312. The molecule has 3 heteroatoms. The van der Waals surface area contributed by atoms with Gasteiger partial charge in [-0.25, -0.2) is 0 Å². The molecule has 1 aliphatic rings. The van der Waals surface area contributed by atoms with Crippen molar-refractivity contribution in [2.24, 2.45) is 5.92 Å². The number of hydrogen-bond acceptors (Lipinski definition) is 2. The number of nitrogens with zero attached hydrogens (tertiary/aromatic N) is 1. The van der Waals surface area contributed by atoms with Crippen LogP contribution in [0.3, 0.4) is 0 Å². The number of hydrogen-bond donors (Lipinski definition) is 0. The quantitative estimate of drug-likeness (QED) is 0.767. The van der Waals surface area contributed by atoms with Crippen LogP contribution < -0.4 is 0 Å². The molecule has 113 valence electrons. The maximum atomic E-state index is 12.5. The predicted octanol–water partition coefficient (Wildman–Crippen LogP) is 4.19. The van der Waals surface area contributed by atoms with E-state index in [0.717, 1.165) is 19.3 Å². The first kappa shape index (κ1) is 16.9. The van der Waals surface area contributed by atoms with E-state index in [1.54, 1.807) is 0 Å². The van der Waals surface area contributed by atoms with Gasteiger partial charge in [0.05, 0.1) is 11.7 Å². The second-order valence-corrected chi connectivity index (χ2v) is 7.86. The highest BCUT2D eigenvalue weighted by Crippen LogP contribution is 2.42. The first-order valence-corrected chi connectivity index (χ1v) is 7.60. The standard InChI is InChI=1S/C16H32NO2/c1-9-16(8)11-13(10-14(4,5)17(16)18)19-15(6,7)12(2)3/h12-13H,9-11H2,1-8H3. The fraction of sp³-hybridized carbons (Fsp3) is 1.00. The summed E-state index contributed by atoms with van der Waals surface area (Å²) >= 11 is 0. The van der Waals surface area contributed by atoms with E-state index >= 15 is 0 Å². The first-order valence-electron chi connectivity index (χ1n) is 7.60. The van der Waals surface area contributed by atoms with Crippen molar-refractivity contribution in [2.75, 3.05) is 0 Å². The molecule has 0 aromatic rings. The smallest absolute Gasteiger partial charge is 0.0653 e. The molecule has 0 aromatic carbocycles. The topological polar surface area (TPSA) is 32.4 Å². The van der Waals surface area contributed by atoms with E-state index in [1.807, 2.05) is 13.8 Å². The van der Waals surface area contributed by atoms with Crippen LogP contribution in [0.5, 0.6) is 0 Å². The van der Waals surface area contributed by atoms with Gasteiger partial charge in [-0.3, -0.25) is 0 Å². The summed E-state index contributed by atoms with van der Waals surface area (Å²) < 4.78 is 6.36. The van der Waals surface area contributed by atoms with Gasteiger partial charge in [0.15, 0.2) is 0 Å². The zero-order valence-corrected chi connectivity index (χ0v) is 14.0. The lowest BCUT2D eigenvalue weighted by Crippen LogP contribution is -2.61. The van der Waals surface area contributed by atoms with Crippen molar-refractivity contribution in [3.63, 3.8) is 0 Å². The Balaban J connectivity index is 2.88. The molecule has 1 fully saturated rings. The van der Waals surface area contributed by atoms with Crippen LogP contribution in [-0.4, -0.2) is 27.8 Å². The van der Waals surface area contributed by atoms with Crippen molar-refractivity contribution in [1.82, 2.24) is 5.06 Å². The van der Waals surface area contributed by atoms with E-state index in [-0.39, 0.29) is 22.8 Å². The van der Waals surface area contributed by atoms with Crippen LogP contribution in [0.2, 0.25) is 0 Å². The molecule has 0 aromatic heterocycles. The number of ether oxygens (including phenoxy) is 1. The van der Waals surface area contributed by atoms with Gasteiger partial charge in [0.2, 0.25) is 0 Å². The van der Waals surface area contributed by atoms with E-state index in [1.165, 1.54) is 5.06 Å². The summed E-state index contributed by atoms with van der Waals surface area (Å²) in [5.41, 5.74) is -0.791. The van der Waals surface area contributed by atoms with Gasteiger partial charge in [-0.2, -0.15) is 0 Å².